The third-order valence-electron chi connectivity index (χ3n) is 6.03. The van der Waals surface area contributed by atoms with Gasteiger partial charge in [-0.1, -0.05) is 49.4 Å². The van der Waals surface area contributed by atoms with E-state index in [1.807, 2.05) is 30.3 Å². The average Bonchev–Trinajstić information content (AvgIpc) is 3.31. The Morgan fingerprint density at radius 2 is 1.82 bits per heavy atom. The average molecular weight is 468 g/mol. The van der Waals surface area contributed by atoms with E-state index in [1.54, 1.807) is 12.1 Å². The lowest BCUT2D eigenvalue weighted by atomic mass is 9.96. The topological polar surface area (TPSA) is 61.4 Å². The van der Waals surface area contributed by atoms with Crippen molar-refractivity contribution >= 4 is 22.6 Å². The monoisotopic (exact) mass is 467 g/mol. The molecule has 1 amide bonds. The maximum atomic E-state index is 13.1. The first-order chi connectivity index (χ1) is 16.1. The van der Waals surface area contributed by atoms with E-state index in [-0.39, 0.29) is 17.6 Å². The van der Waals surface area contributed by atoms with Crippen molar-refractivity contribution in [3.8, 4) is 0 Å². The van der Waals surface area contributed by atoms with Crippen LogP contribution in [-0.4, -0.2) is 59.4 Å². The number of piperazine rings is 1. The number of carbonyl (C=O) groups is 1. The minimum absolute atomic E-state index is 0.0930. The standard InChI is InChI=1S/C25H30FN5OS/c1-2-22(20-6-4-3-5-7-20)24(32)27-12-13-30-14-16-31(17-15-30)25-28-23(29-33-25)18-19-8-10-21(26)11-9-19/h3-11,22H,2,12-18H2,1H3,(H,27,32). The van der Waals surface area contributed by atoms with Gasteiger partial charge in [0.2, 0.25) is 11.0 Å². The SMILES string of the molecule is CCC(C(=O)NCCN1CCN(c2nc(Cc3ccc(F)cc3)ns2)CC1)c1ccccc1. The Morgan fingerprint density at radius 1 is 1.09 bits per heavy atom. The van der Waals surface area contributed by atoms with Gasteiger partial charge in [0.05, 0.1) is 5.92 Å². The van der Waals surface area contributed by atoms with E-state index in [9.17, 15) is 9.18 Å². The molecule has 4 rings (SSSR count). The summed E-state index contributed by atoms with van der Waals surface area (Å²) in [7, 11) is 0. The molecule has 1 aliphatic rings. The van der Waals surface area contributed by atoms with Crippen LogP contribution in [0, 0.1) is 5.82 Å². The molecule has 0 spiro atoms. The second-order valence-electron chi connectivity index (χ2n) is 8.29. The van der Waals surface area contributed by atoms with Gasteiger partial charge in [-0.05, 0) is 29.7 Å². The van der Waals surface area contributed by atoms with Crippen LogP contribution in [0.5, 0.6) is 0 Å². The van der Waals surface area contributed by atoms with Crippen LogP contribution in [0.3, 0.4) is 0 Å². The van der Waals surface area contributed by atoms with E-state index in [0.29, 0.717) is 13.0 Å². The molecule has 33 heavy (non-hydrogen) atoms. The molecular weight excluding hydrogens is 437 g/mol. The summed E-state index contributed by atoms with van der Waals surface area (Å²) >= 11 is 1.42. The van der Waals surface area contributed by atoms with Crippen LogP contribution in [0.25, 0.3) is 0 Å². The largest absolute Gasteiger partial charge is 0.354 e. The van der Waals surface area contributed by atoms with Gasteiger partial charge in [0.25, 0.3) is 0 Å². The third-order valence-corrected chi connectivity index (χ3v) is 6.84. The van der Waals surface area contributed by atoms with Crippen LogP contribution < -0.4 is 10.2 Å². The molecule has 1 aromatic heterocycles. The van der Waals surface area contributed by atoms with Crippen LogP contribution in [0.2, 0.25) is 0 Å². The highest BCUT2D eigenvalue weighted by Gasteiger charge is 2.21. The fourth-order valence-corrected chi connectivity index (χ4v) is 4.85. The van der Waals surface area contributed by atoms with Crippen molar-refractivity contribution in [3.05, 3.63) is 77.4 Å². The first kappa shape index (κ1) is 23.3. The summed E-state index contributed by atoms with van der Waals surface area (Å²) < 4.78 is 17.6. The molecule has 1 atom stereocenters. The molecule has 8 heteroatoms. The Balaban J connectivity index is 1.20. The number of anilines is 1. The molecular formula is C25H30FN5OS. The number of benzene rings is 2. The number of rotatable bonds is 9. The molecule has 1 unspecified atom stereocenters. The first-order valence-corrected chi connectivity index (χ1v) is 12.3. The summed E-state index contributed by atoms with van der Waals surface area (Å²) in [5.74, 6) is 0.551. The maximum Gasteiger partial charge on any atom is 0.227 e. The zero-order valence-electron chi connectivity index (χ0n) is 18.9. The zero-order chi connectivity index (χ0) is 23.0. The van der Waals surface area contributed by atoms with Gasteiger partial charge in [0.15, 0.2) is 0 Å². The minimum atomic E-state index is -0.232. The Morgan fingerprint density at radius 3 is 2.52 bits per heavy atom. The van der Waals surface area contributed by atoms with Crippen molar-refractivity contribution < 1.29 is 9.18 Å². The highest BCUT2D eigenvalue weighted by Crippen LogP contribution is 2.21. The molecule has 0 aliphatic carbocycles. The van der Waals surface area contributed by atoms with Crippen molar-refractivity contribution in [2.24, 2.45) is 0 Å². The Kier molecular flexibility index (Phi) is 8.01. The first-order valence-electron chi connectivity index (χ1n) is 11.5. The van der Waals surface area contributed by atoms with Crippen LogP contribution in [0.15, 0.2) is 54.6 Å². The summed E-state index contributed by atoms with van der Waals surface area (Å²) in [6, 6.07) is 16.5. The molecule has 3 aromatic rings. The van der Waals surface area contributed by atoms with E-state index in [2.05, 4.69) is 31.4 Å². The number of halogens is 1. The van der Waals surface area contributed by atoms with Crippen LogP contribution in [0.1, 0.15) is 36.2 Å². The Hall–Kier alpha value is -2.84. The van der Waals surface area contributed by atoms with Gasteiger partial charge in [-0.15, -0.1) is 0 Å². The number of aromatic nitrogens is 2. The summed E-state index contributed by atoms with van der Waals surface area (Å²) in [5, 5.41) is 4.05. The Bertz CT molecular complexity index is 1020. The predicted molar refractivity (Wildman–Crippen MR) is 130 cm³/mol. The summed E-state index contributed by atoms with van der Waals surface area (Å²) in [6.07, 6.45) is 1.40. The predicted octanol–water partition coefficient (Wildman–Crippen LogP) is 3.70. The van der Waals surface area contributed by atoms with E-state index >= 15 is 0 Å². The number of hydrogen-bond donors (Lipinski definition) is 1. The van der Waals surface area contributed by atoms with Gasteiger partial charge in [-0.25, -0.2) is 9.37 Å². The lowest BCUT2D eigenvalue weighted by molar-refractivity contribution is -0.122. The van der Waals surface area contributed by atoms with Crippen LogP contribution in [0.4, 0.5) is 9.52 Å². The van der Waals surface area contributed by atoms with E-state index in [4.69, 9.17) is 0 Å². The molecule has 1 aliphatic heterocycles. The van der Waals surface area contributed by atoms with Crippen LogP contribution >= 0.6 is 11.5 Å². The lowest BCUT2D eigenvalue weighted by Gasteiger charge is -2.34. The van der Waals surface area contributed by atoms with Crippen molar-refractivity contribution in [2.75, 3.05) is 44.2 Å². The number of nitrogens with zero attached hydrogens (tertiary/aromatic N) is 4. The van der Waals surface area contributed by atoms with Gasteiger partial charge >= 0.3 is 0 Å². The van der Waals surface area contributed by atoms with Crippen molar-refractivity contribution in [2.45, 2.75) is 25.7 Å². The molecule has 0 bridgehead atoms. The van der Waals surface area contributed by atoms with Gasteiger partial charge in [-0.3, -0.25) is 9.69 Å². The maximum absolute atomic E-state index is 13.1. The van der Waals surface area contributed by atoms with E-state index in [0.717, 1.165) is 61.2 Å². The number of nitrogens with one attached hydrogen (secondary N) is 1. The van der Waals surface area contributed by atoms with E-state index < -0.39 is 0 Å². The highest BCUT2D eigenvalue weighted by molar-refractivity contribution is 7.09. The summed E-state index contributed by atoms with van der Waals surface area (Å²) in [6.45, 7) is 7.19. The second kappa shape index (κ2) is 11.3. The minimum Gasteiger partial charge on any atom is -0.354 e. The summed E-state index contributed by atoms with van der Waals surface area (Å²) in [5.41, 5.74) is 2.08. The molecule has 0 saturated carbocycles. The molecule has 2 heterocycles. The zero-order valence-corrected chi connectivity index (χ0v) is 19.7. The molecule has 1 saturated heterocycles. The fraction of sp³-hybridized carbons (Fsp3) is 0.400. The smallest absolute Gasteiger partial charge is 0.227 e. The second-order valence-corrected chi connectivity index (χ2v) is 9.02. The number of carbonyl (C=O) groups excluding carboxylic acids is 1. The van der Waals surface area contributed by atoms with Gasteiger partial charge in [-0.2, -0.15) is 4.37 Å². The Labute approximate surface area is 198 Å². The molecule has 174 valence electrons. The molecule has 1 N–H and O–H groups in total. The van der Waals surface area contributed by atoms with Gasteiger partial charge in [0, 0.05) is 57.2 Å². The molecule has 2 aromatic carbocycles. The molecule has 6 nitrogen and oxygen atoms in total. The summed E-state index contributed by atoms with van der Waals surface area (Å²) in [4.78, 5) is 22.0. The van der Waals surface area contributed by atoms with E-state index in [1.165, 1.54) is 23.7 Å². The van der Waals surface area contributed by atoms with Crippen molar-refractivity contribution in [3.63, 3.8) is 0 Å². The van der Waals surface area contributed by atoms with Gasteiger partial charge < -0.3 is 10.2 Å². The number of hydrogen-bond acceptors (Lipinski definition) is 6. The van der Waals surface area contributed by atoms with Crippen molar-refractivity contribution in [1.29, 1.82) is 0 Å². The normalized spacial score (nSPS) is 15.4. The quantitative estimate of drug-likeness (QED) is 0.520. The van der Waals surface area contributed by atoms with Gasteiger partial charge in [0.1, 0.15) is 11.6 Å². The molecule has 0 radical (unpaired) electrons. The third kappa shape index (κ3) is 6.36. The lowest BCUT2D eigenvalue weighted by Crippen LogP contribution is -2.48. The fourth-order valence-electron chi connectivity index (χ4n) is 4.11. The van der Waals surface area contributed by atoms with Crippen molar-refractivity contribution in [1.82, 2.24) is 19.6 Å². The number of amides is 1. The molecule has 1 fully saturated rings. The highest BCUT2D eigenvalue weighted by atomic mass is 32.1. The van der Waals surface area contributed by atoms with Crippen LogP contribution in [-0.2, 0) is 11.2 Å².